The second-order valence-electron chi connectivity index (χ2n) is 6.76. The van der Waals surface area contributed by atoms with E-state index in [4.69, 9.17) is 0 Å². The van der Waals surface area contributed by atoms with Gasteiger partial charge < -0.3 is 4.90 Å². The molecule has 1 nitrogen and oxygen atoms in total. The van der Waals surface area contributed by atoms with Gasteiger partial charge in [-0.05, 0) is 46.5 Å². The molecule has 0 bridgehead atoms. The van der Waals surface area contributed by atoms with Crippen LogP contribution >= 0.6 is 11.8 Å². The first-order valence-corrected chi connectivity index (χ1v) is 10.9. The van der Waals surface area contributed by atoms with E-state index in [-0.39, 0.29) is 0 Å². The van der Waals surface area contributed by atoms with Crippen LogP contribution in [0.1, 0.15) is 13.8 Å². The third-order valence-corrected chi connectivity index (χ3v) is 6.17. The standard InChI is InChI=1S/C25H19NS.C2H6/c1-26-22-14-12-20(18-8-4-2-5-9-18)16-24(22)27-25-17-21(13-15-23(25)26)19-10-6-3-7-11-19;1-2/h2-17H,1H3;1-2H3. The van der Waals surface area contributed by atoms with Crippen molar-refractivity contribution in [1.82, 2.24) is 0 Å². The number of nitrogens with zero attached hydrogens (tertiary/aromatic N) is 1. The molecule has 1 aliphatic heterocycles. The van der Waals surface area contributed by atoms with E-state index in [1.54, 1.807) is 0 Å². The van der Waals surface area contributed by atoms with Gasteiger partial charge in [-0.1, -0.05) is 98.4 Å². The zero-order chi connectivity index (χ0) is 20.2. The van der Waals surface area contributed by atoms with Gasteiger partial charge in [0.05, 0.1) is 11.4 Å². The monoisotopic (exact) mass is 395 g/mol. The molecule has 0 saturated heterocycles. The SMILES string of the molecule is CC.CN1c2ccc(-c3ccccc3)cc2Sc2cc(-c3ccccc3)ccc21. The fourth-order valence-electron chi connectivity index (χ4n) is 3.61. The molecule has 0 N–H and O–H groups in total. The van der Waals surface area contributed by atoms with Gasteiger partial charge in [-0.3, -0.25) is 0 Å². The Morgan fingerprint density at radius 1 is 0.517 bits per heavy atom. The molecule has 5 rings (SSSR count). The van der Waals surface area contributed by atoms with Crippen LogP contribution in [0.4, 0.5) is 11.4 Å². The highest BCUT2D eigenvalue weighted by molar-refractivity contribution is 7.99. The second-order valence-corrected chi connectivity index (χ2v) is 7.84. The minimum Gasteiger partial charge on any atom is -0.343 e. The molecule has 29 heavy (non-hydrogen) atoms. The molecular formula is C27H25NS. The molecule has 144 valence electrons. The minimum atomic E-state index is 1.26. The molecule has 0 fully saturated rings. The van der Waals surface area contributed by atoms with Crippen molar-refractivity contribution in [2.24, 2.45) is 0 Å². The average molecular weight is 396 g/mol. The number of hydrogen-bond donors (Lipinski definition) is 0. The van der Waals surface area contributed by atoms with Crippen molar-refractivity contribution < 1.29 is 0 Å². The quantitative estimate of drug-likeness (QED) is 0.336. The summed E-state index contributed by atoms with van der Waals surface area (Å²) in [7, 11) is 2.15. The summed E-state index contributed by atoms with van der Waals surface area (Å²) in [5.74, 6) is 0. The first-order valence-electron chi connectivity index (χ1n) is 10.1. The molecule has 0 aliphatic carbocycles. The Bertz CT molecular complexity index is 1010. The summed E-state index contributed by atoms with van der Waals surface area (Å²) in [4.78, 5) is 4.90. The van der Waals surface area contributed by atoms with E-state index in [1.165, 1.54) is 43.4 Å². The fraction of sp³-hybridized carbons (Fsp3) is 0.111. The lowest BCUT2D eigenvalue weighted by Crippen LogP contribution is -2.14. The van der Waals surface area contributed by atoms with Gasteiger partial charge in [-0.25, -0.2) is 0 Å². The van der Waals surface area contributed by atoms with Gasteiger partial charge >= 0.3 is 0 Å². The molecule has 1 aliphatic rings. The van der Waals surface area contributed by atoms with Gasteiger partial charge in [-0.15, -0.1) is 0 Å². The van der Waals surface area contributed by atoms with Crippen LogP contribution in [-0.4, -0.2) is 7.05 Å². The highest BCUT2D eigenvalue weighted by Gasteiger charge is 2.21. The average Bonchev–Trinajstić information content (AvgIpc) is 2.81. The topological polar surface area (TPSA) is 3.24 Å². The maximum atomic E-state index is 2.31. The van der Waals surface area contributed by atoms with Crippen molar-refractivity contribution in [2.45, 2.75) is 23.6 Å². The lowest BCUT2D eigenvalue weighted by Gasteiger charge is -2.30. The molecule has 1 heterocycles. The van der Waals surface area contributed by atoms with E-state index in [2.05, 4.69) is 109 Å². The largest absolute Gasteiger partial charge is 0.343 e. The molecule has 4 aromatic rings. The Balaban J connectivity index is 0.000000994. The third kappa shape index (κ3) is 3.81. The maximum absolute atomic E-state index is 2.31. The molecule has 0 amide bonds. The smallest absolute Gasteiger partial charge is 0.0550 e. The summed E-state index contributed by atoms with van der Waals surface area (Å²) < 4.78 is 0. The van der Waals surface area contributed by atoms with Crippen LogP contribution in [0.15, 0.2) is 107 Å². The summed E-state index contributed by atoms with van der Waals surface area (Å²) in [5.41, 5.74) is 7.56. The van der Waals surface area contributed by atoms with Crippen LogP contribution in [0.5, 0.6) is 0 Å². The van der Waals surface area contributed by atoms with Crippen LogP contribution in [0, 0.1) is 0 Å². The highest BCUT2D eigenvalue weighted by Crippen LogP contribution is 2.49. The van der Waals surface area contributed by atoms with Gasteiger partial charge in [0.15, 0.2) is 0 Å². The minimum absolute atomic E-state index is 1.26. The highest BCUT2D eigenvalue weighted by atomic mass is 32.2. The van der Waals surface area contributed by atoms with Crippen LogP contribution < -0.4 is 4.90 Å². The third-order valence-electron chi connectivity index (χ3n) is 5.08. The number of anilines is 2. The summed E-state index contributed by atoms with van der Waals surface area (Å²) in [6.45, 7) is 4.00. The van der Waals surface area contributed by atoms with Gasteiger partial charge in [0.1, 0.15) is 0 Å². The van der Waals surface area contributed by atoms with Crippen LogP contribution in [0.25, 0.3) is 22.3 Å². The Morgan fingerprint density at radius 3 is 1.34 bits per heavy atom. The van der Waals surface area contributed by atoms with Crippen molar-refractivity contribution in [3.63, 3.8) is 0 Å². The predicted octanol–water partition coefficient (Wildman–Crippen LogP) is 8.28. The Morgan fingerprint density at radius 2 is 0.931 bits per heavy atom. The first kappa shape index (κ1) is 19.4. The number of fused-ring (bicyclic) bond motifs is 2. The van der Waals surface area contributed by atoms with E-state index >= 15 is 0 Å². The zero-order valence-corrected chi connectivity index (χ0v) is 17.9. The number of hydrogen-bond acceptors (Lipinski definition) is 2. The number of benzene rings is 4. The van der Waals surface area contributed by atoms with Crippen molar-refractivity contribution >= 4 is 23.1 Å². The van der Waals surface area contributed by atoms with Gasteiger partial charge in [-0.2, -0.15) is 0 Å². The van der Waals surface area contributed by atoms with Crippen molar-refractivity contribution in [3.05, 3.63) is 97.1 Å². The summed E-state index contributed by atoms with van der Waals surface area (Å²) in [6, 6.07) is 34.7. The van der Waals surface area contributed by atoms with Crippen LogP contribution in [0.3, 0.4) is 0 Å². The summed E-state index contributed by atoms with van der Waals surface area (Å²) in [6.07, 6.45) is 0. The van der Waals surface area contributed by atoms with Gasteiger partial charge in [0.25, 0.3) is 0 Å². The number of rotatable bonds is 2. The second kappa shape index (κ2) is 8.59. The fourth-order valence-corrected chi connectivity index (χ4v) is 4.84. The van der Waals surface area contributed by atoms with E-state index < -0.39 is 0 Å². The maximum Gasteiger partial charge on any atom is 0.0550 e. The van der Waals surface area contributed by atoms with Crippen LogP contribution in [-0.2, 0) is 0 Å². The normalized spacial score (nSPS) is 11.8. The van der Waals surface area contributed by atoms with Gasteiger partial charge in [0.2, 0.25) is 0 Å². The molecule has 4 aromatic carbocycles. The lowest BCUT2D eigenvalue weighted by molar-refractivity contribution is 1.11. The molecule has 0 atom stereocenters. The molecular weight excluding hydrogens is 370 g/mol. The van der Waals surface area contributed by atoms with Crippen LogP contribution in [0.2, 0.25) is 0 Å². The molecule has 0 aromatic heterocycles. The predicted molar refractivity (Wildman–Crippen MR) is 127 cm³/mol. The van der Waals surface area contributed by atoms with E-state index in [1.807, 2.05) is 25.6 Å². The van der Waals surface area contributed by atoms with E-state index in [0.29, 0.717) is 0 Å². The Hall–Kier alpha value is -2.97. The molecule has 0 unspecified atom stereocenters. The molecule has 0 radical (unpaired) electrons. The summed E-state index contributed by atoms with van der Waals surface area (Å²) >= 11 is 1.86. The zero-order valence-electron chi connectivity index (χ0n) is 17.1. The van der Waals surface area contributed by atoms with E-state index in [9.17, 15) is 0 Å². The Kier molecular flexibility index (Phi) is 5.73. The van der Waals surface area contributed by atoms with Crippen molar-refractivity contribution in [3.8, 4) is 22.3 Å². The first-order chi connectivity index (χ1) is 14.3. The van der Waals surface area contributed by atoms with Crippen molar-refractivity contribution in [2.75, 3.05) is 11.9 Å². The summed E-state index contributed by atoms with van der Waals surface area (Å²) in [5, 5.41) is 0. The molecule has 0 spiro atoms. The molecule has 2 heteroatoms. The van der Waals surface area contributed by atoms with E-state index in [0.717, 1.165) is 0 Å². The molecule has 0 saturated carbocycles. The van der Waals surface area contributed by atoms with Gasteiger partial charge in [0, 0.05) is 16.8 Å². The van der Waals surface area contributed by atoms with Crippen molar-refractivity contribution in [1.29, 1.82) is 0 Å². The lowest BCUT2D eigenvalue weighted by atomic mass is 10.0. The Labute approximate surface area is 178 Å².